The van der Waals surface area contributed by atoms with Gasteiger partial charge in [-0.1, -0.05) is 23.2 Å². The molecule has 0 aliphatic heterocycles. The number of nitrogens with zero attached hydrogens (tertiary/aromatic N) is 2. The van der Waals surface area contributed by atoms with Crippen LogP contribution in [0, 0.1) is 5.82 Å². The monoisotopic (exact) mass is 376 g/mol. The maximum Gasteiger partial charge on any atom is 0.258 e. The molecule has 1 heterocycles. The summed E-state index contributed by atoms with van der Waals surface area (Å²) in [7, 11) is 0. The molecule has 0 atom stereocenters. The summed E-state index contributed by atoms with van der Waals surface area (Å²) in [5.41, 5.74) is 1.28. The zero-order chi connectivity index (χ0) is 17.8. The van der Waals surface area contributed by atoms with Crippen molar-refractivity contribution in [1.82, 2.24) is 9.97 Å². The Kier molecular flexibility index (Phi) is 5.11. The Bertz CT molecular complexity index is 902. The van der Waals surface area contributed by atoms with Crippen LogP contribution in [0.15, 0.2) is 54.9 Å². The maximum absolute atomic E-state index is 12.9. The summed E-state index contributed by atoms with van der Waals surface area (Å²) in [6, 6.07) is 10.4. The van der Waals surface area contributed by atoms with Gasteiger partial charge in [-0.25, -0.2) is 14.4 Å². The van der Waals surface area contributed by atoms with Crippen LogP contribution >= 0.6 is 23.2 Å². The number of carbonyl (C=O) groups excluding carboxylic acids is 1. The van der Waals surface area contributed by atoms with Crippen LogP contribution in [0.2, 0.25) is 10.0 Å². The number of rotatable bonds is 4. The molecular formula is C17H11Cl2FN4O. The number of benzene rings is 2. The number of anilines is 3. The van der Waals surface area contributed by atoms with E-state index in [9.17, 15) is 9.18 Å². The largest absolute Gasteiger partial charge is 0.323 e. The molecule has 0 bridgehead atoms. The van der Waals surface area contributed by atoms with Gasteiger partial charge in [-0.2, -0.15) is 0 Å². The first-order chi connectivity index (χ1) is 12.0. The average molecular weight is 377 g/mol. The van der Waals surface area contributed by atoms with Crippen LogP contribution in [-0.2, 0) is 0 Å². The van der Waals surface area contributed by atoms with Gasteiger partial charge in [0.25, 0.3) is 5.91 Å². The first-order valence-corrected chi connectivity index (χ1v) is 7.88. The minimum absolute atomic E-state index is 0.257. The van der Waals surface area contributed by atoms with E-state index >= 15 is 0 Å². The zero-order valence-corrected chi connectivity index (χ0v) is 14.1. The quantitative estimate of drug-likeness (QED) is 0.678. The molecule has 1 amide bonds. The van der Waals surface area contributed by atoms with E-state index < -0.39 is 5.91 Å². The first kappa shape index (κ1) is 17.1. The lowest BCUT2D eigenvalue weighted by Crippen LogP contribution is -2.13. The number of nitrogens with one attached hydrogen (secondary N) is 2. The molecule has 0 aliphatic rings. The van der Waals surface area contributed by atoms with Crippen molar-refractivity contribution in [3.63, 3.8) is 0 Å². The van der Waals surface area contributed by atoms with Crippen molar-refractivity contribution in [2.75, 3.05) is 10.6 Å². The van der Waals surface area contributed by atoms with Crippen molar-refractivity contribution >= 4 is 46.4 Å². The lowest BCUT2D eigenvalue weighted by atomic mass is 10.2. The number of aromatic nitrogens is 2. The molecule has 0 saturated heterocycles. The lowest BCUT2D eigenvalue weighted by Gasteiger charge is -2.08. The molecule has 0 unspecified atom stereocenters. The third-order valence-electron chi connectivity index (χ3n) is 3.19. The van der Waals surface area contributed by atoms with Crippen molar-refractivity contribution in [2.24, 2.45) is 0 Å². The highest BCUT2D eigenvalue weighted by atomic mass is 35.5. The Morgan fingerprint density at radius 2 is 1.68 bits per heavy atom. The van der Waals surface area contributed by atoms with Crippen LogP contribution < -0.4 is 10.6 Å². The highest BCUT2D eigenvalue weighted by Crippen LogP contribution is 2.27. The van der Waals surface area contributed by atoms with Gasteiger partial charge in [-0.05, 0) is 42.5 Å². The fourth-order valence-corrected chi connectivity index (χ4v) is 2.30. The molecule has 0 saturated carbocycles. The number of amides is 1. The molecule has 2 aromatic carbocycles. The van der Waals surface area contributed by atoms with Crippen LogP contribution in [0.4, 0.5) is 21.7 Å². The molecule has 5 nitrogen and oxygen atoms in total. The van der Waals surface area contributed by atoms with Crippen LogP contribution in [0.25, 0.3) is 0 Å². The van der Waals surface area contributed by atoms with Crippen molar-refractivity contribution in [3.8, 4) is 0 Å². The highest BCUT2D eigenvalue weighted by molar-refractivity contribution is 6.35. The smallest absolute Gasteiger partial charge is 0.258 e. The van der Waals surface area contributed by atoms with Crippen LogP contribution in [0.5, 0.6) is 0 Å². The number of hydrogen-bond acceptors (Lipinski definition) is 4. The maximum atomic E-state index is 12.9. The van der Waals surface area contributed by atoms with Gasteiger partial charge in [-0.3, -0.25) is 4.79 Å². The third kappa shape index (κ3) is 4.43. The molecule has 0 aliphatic carbocycles. The molecule has 2 N–H and O–H groups in total. The standard InChI is InChI=1S/C17H11Cl2FN4O/c18-11-1-6-14(19)15(7-11)24-17-21-8-10(9-22-17)16(25)23-13-4-2-12(20)3-5-13/h1-9H,(H,23,25)(H,21,22,24). The molecule has 126 valence electrons. The van der Waals surface area contributed by atoms with E-state index in [1.54, 1.807) is 18.2 Å². The van der Waals surface area contributed by atoms with E-state index in [0.717, 1.165) is 0 Å². The number of halogens is 3. The molecule has 25 heavy (non-hydrogen) atoms. The summed E-state index contributed by atoms with van der Waals surface area (Å²) < 4.78 is 12.9. The fraction of sp³-hybridized carbons (Fsp3) is 0. The second-order valence-corrected chi connectivity index (χ2v) is 5.85. The minimum atomic E-state index is -0.404. The van der Waals surface area contributed by atoms with E-state index in [0.29, 0.717) is 21.4 Å². The highest BCUT2D eigenvalue weighted by Gasteiger charge is 2.09. The third-order valence-corrected chi connectivity index (χ3v) is 3.76. The summed E-state index contributed by atoms with van der Waals surface area (Å²) in [5, 5.41) is 6.53. The molecule has 0 spiro atoms. The van der Waals surface area contributed by atoms with Gasteiger partial charge in [0, 0.05) is 23.1 Å². The summed E-state index contributed by atoms with van der Waals surface area (Å²) in [6.07, 6.45) is 2.74. The van der Waals surface area contributed by atoms with Gasteiger partial charge in [0.2, 0.25) is 5.95 Å². The Morgan fingerprint density at radius 1 is 1.00 bits per heavy atom. The van der Waals surface area contributed by atoms with Crippen molar-refractivity contribution in [1.29, 1.82) is 0 Å². The van der Waals surface area contributed by atoms with Crippen molar-refractivity contribution in [2.45, 2.75) is 0 Å². The predicted octanol–water partition coefficient (Wildman–Crippen LogP) is 4.92. The van der Waals surface area contributed by atoms with E-state index in [1.807, 2.05) is 0 Å². The Labute approximate surface area is 152 Å². The number of carbonyl (C=O) groups is 1. The van der Waals surface area contributed by atoms with Gasteiger partial charge in [-0.15, -0.1) is 0 Å². The summed E-state index contributed by atoms with van der Waals surface area (Å²) in [4.78, 5) is 20.3. The van der Waals surface area contributed by atoms with Gasteiger partial charge < -0.3 is 10.6 Å². The second-order valence-electron chi connectivity index (χ2n) is 5.01. The number of hydrogen-bond donors (Lipinski definition) is 2. The molecular weight excluding hydrogens is 366 g/mol. The van der Waals surface area contributed by atoms with Gasteiger partial charge >= 0.3 is 0 Å². The zero-order valence-electron chi connectivity index (χ0n) is 12.6. The molecule has 0 fully saturated rings. The summed E-state index contributed by atoms with van der Waals surface area (Å²) >= 11 is 12.0. The van der Waals surface area contributed by atoms with Crippen molar-refractivity contribution < 1.29 is 9.18 Å². The predicted molar refractivity (Wildman–Crippen MR) is 96.1 cm³/mol. The van der Waals surface area contributed by atoms with Gasteiger partial charge in [0.15, 0.2) is 0 Å². The van der Waals surface area contributed by atoms with E-state index in [4.69, 9.17) is 23.2 Å². The topological polar surface area (TPSA) is 66.9 Å². The van der Waals surface area contributed by atoms with Crippen molar-refractivity contribution in [3.05, 3.63) is 76.3 Å². The van der Waals surface area contributed by atoms with E-state index in [2.05, 4.69) is 20.6 Å². The molecule has 3 aromatic rings. The van der Waals surface area contributed by atoms with Gasteiger partial charge in [0.1, 0.15) is 5.82 Å². The Morgan fingerprint density at radius 3 is 2.36 bits per heavy atom. The van der Waals surface area contributed by atoms with Crippen LogP contribution in [0.1, 0.15) is 10.4 Å². The van der Waals surface area contributed by atoms with Crippen LogP contribution in [0.3, 0.4) is 0 Å². The van der Waals surface area contributed by atoms with E-state index in [1.165, 1.54) is 36.7 Å². The van der Waals surface area contributed by atoms with Gasteiger partial charge in [0.05, 0.1) is 16.3 Å². The SMILES string of the molecule is O=C(Nc1ccc(F)cc1)c1cnc(Nc2cc(Cl)ccc2Cl)nc1. The molecule has 0 radical (unpaired) electrons. The van der Waals surface area contributed by atoms with Crippen LogP contribution in [-0.4, -0.2) is 15.9 Å². The summed E-state index contributed by atoms with van der Waals surface area (Å²) in [5.74, 6) is -0.516. The summed E-state index contributed by atoms with van der Waals surface area (Å²) in [6.45, 7) is 0. The normalized spacial score (nSPS) is 10.4. The molecule has 1 aromatic heterocycles. The lowest BCUT2D eigenvalue weighted by molar-refractivity contribution is 0.102. The minimum Gasteiger partial charge on any atom is -0.323 e. The Balaban J connectivity index is 1.70. The first-order valence-electron chi connectivity index (χ1n) is 7.12. The van der Waals surface area contributed by atoms with E-state index in [-0.39, 0.29) is 17.3 Å². The Hall–Kier alpha value is -2.70. The molecule has 3 rings (SSSR count). The fourth-order valence-electron chi connectivity index (χ4n) is 1.96. The molecule has 8 heteroatoms. The average Bonchev–Trinajstić information content (AvgIpc) is 2.61. The second kappa shape index (κ2) is 7.46.